The SMILES string of the molecule is CCn1ncc(-c2ccnc3cc(C(=O)Nc4cccc(Cn5nc(C)c(Br)c5C)c4)nn23)c1C. The zero-order valence-electron chi connectivity index (χ0n) is 19.9. The van der Waals surface area contributed by atoms with E-state index >= 15 is 0 Å². The van der Waals surface area contributed by atoms with Crippen LogP contribution in [0.4, 0.5) is 5.69 Å². The monoisotopic (exact) mass is 532 g/mol. The van der Waals surface area contributed by atoms with Crippen LogP contribution in [0.5, 0.6) is 0 Å². The second-order valence-electron chi connectivity index (χ2n) is 8.39. The molecule has 0 saturated carbocycles. The van der Waals surface area contributed by atoms with Gasteiger partial charge in [0.2, 0.25) is 0 Å². The van der Waals surface area contributed by atoms with Crippen molar-refractivity contribution in [1.82, 2.24) is 34.2 Å². The number of rotatable bonds is 6. The highest BCUT2D eigenvalue weighted by atomic mass is 79.9. The predicted molar refractivity (Wildman–Crippen MR) is 138 cm³/mol. The fraction of sp³-hybridized carbons (Fsp3) is 0.240. The Balaban J connectivity index is 1.40. The molecule has 5 aromatic rings. The first kappa shape index (κ1) is 23.0. The zero-order valence-corrected chi connectivity index (χ0v) is 21.5. The van der Waals surface area contributed by atoms with Gasteiger partial charge in [-0.2, -0.15) is 15.3 Å². The highest BCUT2D eigenvalue weighted by Crippen LogP contribution is 2.24. The normalized spacial score (nSPS) is 11.3. The van der Waals surface area contributed by atoms with Crippen LogP contribution in [0.1, 0.15) is 40.1 Å². The van der Waals surface area contributed by atoms with E-state index in [-0.39, 0.29) is 5.91 Å². The van der Waals surface area contributed by atoms with E-state index in [1.807, 2.05) is 73.6 Å². The van der Waals surface area contributed by atoms with Crippen LogP contribution in [0.25, 0.3) is 16.9 Å². The molecule has 4 aromatic heterocycles. The van der Waals surface area contributed by atoms with Crippen LogP contribution in [-0.2, 0) is 13.1 Å². The summed E-state index contributed by atoms with van der Waals surface area (Å²) in [7, 11) is 0. The lowest BCUT2D eigenvalue weighted by atomic mass is 10.2. The summed E-state index contributed by atoms with van der Waals surface area (Å²) < 4.78 is 6.57. The summed E-state index contributed by atoms with van der Waals surface area (Å²) in [6.45, 7) is 9.45. The van der Waals surface area contributed by atoms with Crippen molar-refractivity contribution in [1.29, 1.82) is 0 Å². The van der Waals surface area contributed by atoms with Gasteiger partial charge < -0.3 is 5.32 Å². The van der Waals surface area contributed by atoms with Crippen LogP contribution in [0.2, 0.25) is 0 Å². The molecule has 1 aromatic carbocycles. The van der Waals surface area contributed by atoms with E-state index in [2.05, 4.69) is 41.5 Å². The Bertz CT molecular complexity index is 1560. The Labute approximate surface area is 210 Å². The van der Waals surface area contributed by atoms with Crippen molar-refractivity contribution in [3.63, 3.8) is 0 Å². The molecule has 0 atom stereocenters. The smallest absolute Gasteiger partial charge is 0.276 e. The molecule has 0 saturated heterocycles. The van der Waals surface area contributed by atoms with Crippen molar-refractivity contribution in [2.75, 3.05) is 5.32 Å². The third-order valence-corrected chi connectivity index (χ3v) is 7.23. The number of amides is 1. The number of nitrogens with zero attached hydrogens (tertiary/aromatic N) is 7. The number of carbonyl (C=O) groups excluding carboxylic acids is 1. The van der Waals surface area contributed by atoms with Gasteiger partial charge >= 0.3 is 0 Å². The van der Waals surface area contributed by atoms with E-state index in [1.165, 1.54) is 0 Å². The van der Waals surface area contributed by atoms with Gasteiger partial charge in [-0.05, 0) is 67.4 Å². The van der Waals surface area contributed by atoms with E-state index in [1.54, 1.807) is 16.8 Å². The average molecular weight is 533 g/mol. The Morgan fingerprint density at radius 2 is 1.89 bits per heavy atom. The summed E-state index contributed by atoms with van der Waals surface area (Å²) in [5, 5.41) is 16.5. The fourth-order valence-corrected chi connectivity index (χ4v) is 4.46. The van der Waals surface area contributed by atoms with Crippen LogP contribution in [-0.4, -0.2) is 40.1 Å². The summed E-state index contributed by atoms with van der Waals surface area (Å²) in [6.07, 6.45) is 3.54. The molecule has 0 radical (unpaired) electrons. The Morgan fingerprint density at radius 1 is 1.06 bits per heavy atom. The molecule has 10 heteroatoms. The Morgan fingerprint density at radius 3 is 2.60 bits per heavy atom. The van der Waals surface area contributed by atoms with Crippen molar-refractivity contribution in [2.24, 2.45) is 0 Å². The molecule has 4 heterocycles. The molecule has 0 fully saturated rings. The minimum atomic E-state index is -0.298. The first-order valence-electron chi connectivity index (χ1n) is 11.3. The number of benzene rings is 1. The van der Waals surface area contributed by atoms with Crippen molar-refractivity contribution in [3.8, 4) is 11.3 Å². The van der Waals surface area contributed by atoms with Gasteiger partial charge in [0, 0.05) is 35.8 Å². The fourth-order valence-electron chi connectivity index (χ4n) is 4.17. The molecule has 0 unspecified atom stereocenters. The van der Waals surface area contributed by atoms with Gasteiger partial charge in [0.25, 0.3) is 5.91 Å². The zero-order chi connectivity index (χ0) is 24.7. The van der Waals surface area contributed by atoms with Crippen LogP contribution < -0.4 is 5.32 Å². The lowest BCUT2D eigenvalue weighted by Crippen LogP contribution is -2.13. The third kappa shape index (κ3) is 4.25. The molecule has 0 aliphatic heterocycles. The maximum absolute atomic E-state index is 13.1. The number of halogens is 1. The largest absolute Gasteiger partial charge is 0.321 e. The lowest BCUT2D eigenvalue weighted by molar-refractivity contribution is 0.102. The van der Waals surface area contributed by atoms with Crippen LogP contribution in [0, 0.1) is 20.8 Å². The van der Waals surface area contributed by atoms with E-state index in [9.17, 15) is 4.79 Å². The van der Waals surface area contributed by atoms with Gasteiger partial charge in [0.05, 0.1) is 34.3 Å². The molecule has 0 aliphatic carbocycles. The first-order chi connectivity index (χ1) is 16.9. The second kappa shape index (κ2) is 9.10. The molecule has 0 aliphatic rings. The molecule has 1 amide bonds. The number of hydrogen-bond donors (Lipinski definition) is 1. The number of nitrogens with one attached hydrogen (secondary N) is 1. The highest BCUT2D eigenvalue weighted by Gasteiger charge is 2.17. The van der Waals surface area contributed by atoms with Gasteiger partial charge in [0.15, 0.2) is 11.3 Å². The molecular weight excluding hydrogens is 508 g/mol. The quantitative estimate of drug-likeness (QED) is 0.339. The first-order valence-corrected chi connectivity index (χ1v) is 12.1. The van der Waals surface area contributed by atoms with Gasteiger partial charge in [-0.1, -0.05) is 12.1 Å². The molecule has 178 valence electrons. The van der Waals surface area contributed by atoms with Gasteiger partial charge in [-0.3, -0.25) is 14.2 Å². The maximum atomic E-state index is 13.1. The summed E-state index contributed by atoms with van der Waals surface area (Å²) in [5.41, 5.74) is 7.45. The third-order valence-electron chi connectivity index (χ3n) is 6.08. The standard InChI is InChI=1S/C25H25BrN8O/c1-5-32-16(3)20(13-28-32)22-9-10-27-23-12-21(31-34(22)23)25(35)29-19-8-6-7-18(11-19)14-33-17(4)24(26)15(2)30-33/h6-13H,5,14H2,1-4H3,(H,29,35). The maximum Gasteiger partial charge on any atom is 0.276 e. The number of fused-ring (bicyclic) bond motifs is 1. The van der Waals surface area contributed by atoms with E-state index in [4.69, 9.17) is 0 Å². The summed E-state index contributed by atoms with van der Waals surface area (Å²) in [5.74, 6) is -0.298. The molecule has 5 rings (SSSR count). The Hall–Kier alpha value is -3.79. The minimum absolute atomic E-state index is 0.290. The summed E-state index contributed by atoms with van der Waals surface area (Å²) in [4.78, 5) is 17.5. The Kier molecular flexibility index (Phi) is 5.98. The van der Waals surface area contributed by atoms with Crippen molar-refractivity contribution in [2.45, 2.75) is 40.8 Å². The van der Waals surface area contributed by atoms with Crippen LogP contribution in [0.15, 0.2) is 53.3 Å². The van der Waals surface area contributed by atoms with Crippen LogP contribution >= 0.6 is 15.9 Å². The number of carbonyl (C=O) groups is 1. The van der Waals surface area contributed by atoms with E-state index in [0.29, 0.717) is 23.6 Å². The van der Waals surface area contributed by atoms with Gasteiger partial charge in [0.1, 0.15) is 0 Å². The van der Waals surface area contributed by atoms with Crippen molar-refractivity contribution in [3.05, 3.63) is 81.6 Å². The molecule has 35 heavy (non-hydrogen) atoms. The molecule has 0 spiro atoms. The van der Waals surface area contributed by atoms with Gasteiger partial charge in [-0.25, -0.2) is 9.50 Å². The summed E-state index contributed by atoms with van der Waals surface area (Å²) >= 11 is 3.57. The number of hydrogen-bond acceptors (Lipinski definition) is 5. The predicted octanol–water partition coefficient (Wildman–Crippen LogP) is 4.80. The number of aryl methyl sites for hydroxylation is 2. The number of anilines is 1. The van der Waals surface area contributed by atoms with Crippen LogP contribution in [0.3, 0.4) is 0 Å². The van der Waals surface area contributed by atoms with Crippen molar-refractivity contribution < 1.29 is 4.79 Å². The average Bonchev–Trinajstić information content (AvgIpc) is 3.52. The number of aromatic nitrogens is 7. The molecular formula is C25H25BrN8O. The minimum Gasteiger partial charge on any atom is -0.321 e. The van der Waals surface area contributed by atoms with E-state index < -0.39 is 0 Å². The lowest BCUT2D eigenvalue weighted by Gasteiger charge is -2.08. The topological polar surface area (TPSA) is 94.9 Å². The molecule has 1 N–H and O–H groups in total. The molecule has 0 bridgehead atoms. The molecule has 9 nitrogen and oxygen atoms in total. The highest BCUT2D eigenvalue weighted by molar-refractivity contribution is 9.10. The second-order valence-corrected chi connectivity index (χ2v) is 9.18. The summed E-state index contributed by atoms with van der Waals surface area (Å²) in [6, 6.07) is 11.3. The van der Waals surface area contributed by atoms with Crippen molar-refractivity contribution >= 4 is 33.2 Å². The van der Waals surface area contributed by atoms with Gasteiger partial charge in [-0.15, -0.1) is 0 Å². The van der Waals surface area contributed by atoms with E-state index in [0.717, 1.165) is 44.9 Å².